The molecule has 0 saturated heterocycles. The van der Waals surface area contributed by atoms with Crippen LogP contribution in [0, 0.1) is 0 Å². The van der Waals surface area contributed by atoms with Crippen molar-refractivity contribution in [3.05, 3.63) is 35.9 Å². The Labute approximate surface area is 122 Å². The average molecular weight is 294 g/mol. The molecule has 1 amide bonds. The van der Waals surface area contributed by atoms with Gasteiger partial charge in [-0.1, -0.05) is 30.3 Å². The fraction of sp³-hybridized carbons (Fsp3) is 0.357. The largest absolute Gasteiger partial charge is 0.480 e. The molecular weight excluding hydrogens is 276 g/mol. The van der Waals surface area contributed by atoms with E-state index in [1.807, 2.05) is 30.3 Å². The maximum atomic E-state index is 11.6. The Morgan fingerprint density at radius 2 is 1.90 bits per heavy atom. The molecule has 0 bridgehead atoms. The summed E-state index contributed by atoms with van der Waals surface area (Å²) in [4.78, 5) is 33.2. The fourth-order valence-electron chi connectivity index (χ4n) is 1.50. The van der Waals surface area contributed by atoms with Crippen LogP contribution in [0.1, 0.15) is 18.4 Å². The maximum absolute atomic E-state index is 11.6. The molecule has 0 heterocycles. The lowest BCUT2D eigenvalue weighted by Crippen LogP contribution is -2.35. The van der Waals surface area contributed by atoms with Gasteiger partial charge < -0.3 is 20.9 Å². The van der Waals surface area contributed by atoms with Crippen molar-refractivity contribution in [2.24, 2.45) is 5.73 Å². The zero-order chi connectivity index (χ0) is 15.7. The fourth-order valence-corrected chi connectivity index (χ4v) is 1.50. The van der Waals surface area contributed by atoms with Crippen LogP contribution in [0.15, 0.2) is 30.3 Å². The van der Waals surface area contributed by atoms with Gasteiger partial charge in [-0.15, -0.1) is 0 Å². The molecule has 7 heteroatoms. The molecular formula is C14H18N2O5. The molecule has 0 aliphatic carbocycles. The van der Waals surface area contributed by atoms with Gasteiger partial charge in [0.05, 0.1) is 0 Å². The summed E-state index contributed by atoms with van der Waals surface area (Å²) >= 11 is 0. The Bertz CT molecular complexity index is 489. The average Bonchev–Trinajstić information content (AvgIpc) is 2.49. The Morgan fingerprint density at radius 3 is 2.52 bits per heavy atom. The zero-order valence-electron chi connectivity index (χ0n) is 11.5. The number of carboxylic acid groups (broad SMARTS) is 1. The van der Waals surface area contributed by atoms with Crippen LogP contribution in [-0.2, 0) is 25.7 Å². The topological polar surface area (TPSA) is 119 Å². The zero-order valence-corrected chi connectivity index (χ0v) is 11.5. The number of nitrogens with two attached hydrogens (primary N) is 1. The molecule has 0 aromatic heterocycles. The predicted molar refractivity (Wildman–Crippen MR) is 74.1 cm³/mol. The number of benzene rings is 1. The normalized spacial score (nSPS) is 11.5. The summed E-state index contributed by atoms with van der Waals surface area (Å²) in [5, 5.41) is 10.6. The molecule has 0 fully saturated rings. The Kier molecular flexibility index (Phi) is 6.90. The van der Waals surface area contributed by atoms with Gasteiger partial charge in [0.15, 0.2) is 0 Å². The molecule has 0 unspecified atom stereocenters. The minimum atomic E-state index is -1.13. The number of carboxylic acids is 1. The lowest BCUT2D eigenvalue weighted by molar-refractivity contribution is -0.147. The van der Waals surface area contributed by atoms with Crippen molar-refractivity contribution in [1.29, 1.82) is 0 Å². The van der Waals surface area contributed by atoms with Crippen LogP contribution in [0.25, 0.3) is 0 Å². The van der Waals surface area contributed by atoms with Gasteiger partial charge in [-0.25, -0.2) is 0 Å². The number of rotatable bonds is 8. The van der Waals surface area contributed by atoms with E-state index in [0.29, 0.717) is 0 Å². The van der Waals surface area contributed by atoms with Gasteiger partial charge in [-0.3, -0.25) is 14.4 Å². The molecule has 1 rings (SSSR count). The highest BCUT2D eigenvalue weighted by Gasteiger charge is 2.16. The third kappa shape index (κ3) is 7.07. The summed E-state index contributed by atoms with van der Waals surface area (Å²) in [5.41, 5.74) is 6.46. The van der Waals surface area contributed by atoms with Crippen molar-refractivity contribution >= 4 is 17.8 Å². The molecule has 0 spiro atoms. The first kappa shape index (κ1) is 16.6. The third-order valence-corrected chi connectivity index (χ3v) is 2.65. The van der Waals surface area contributed by atoms with Crippen LogP contribution < -0.4 is 11.1 Å². The molecule has 114 valence electrons. The summed E-state index contributed by atoms with van der Waals surface area (Å²) in [5.74, 6) is -2.19. The van der Waals surface area contributed by atoms with E-state index in [-0.39, 0.29) is 19.4 Å². The van der Waals surface area contributed by atoms with E-state index in [2.05, 4.69) is 5.32 Å². The molecule has 0 aliphatic heterocycles. The predicted octanol–water partition coefficient (Wildman–Crippen LogP) is 0.0381. The van der Waals surface area contributed by atoms with E-state index < -0.39 is 30.4 Å². The standard InChI is InChI=1S/C14H18N2O5/c15-11(6-7-12(17)16-8-13(18)19)14(20)21-9-10-4-2-1-3-5-10/h1-5,11H,6-9,15H2,(H,16,17)(H,18,19)/t11-/m0/s1. The molecule has 7 nitrogen and oxygen atoms in total. The molecule has 1 aromatic carbocycles. The number of amides is 1. The lowest BCUT2D eigenvalue weighted by atomic mass is 10.1. The Balaban J connectivity index is 2.25. The number of ether oxygens (including phenoxy) is 1. The van der Waals surface area contributed by atoms with Crippen molar-refractivity contribution in [2.75, 3.05) is 6.54 Å². The highest BCUT2D eigenvalue weighted by atomic mass is 16.5. The molecule has 1 aromatic rings. The lowest BCUT2D eigenvalue weighted by Gasteiger charge is -2.11. The van der Waals surface area contributed by atoms with Crippen LogP contribution in [0.5, 0.6) is 0 Å². The van der Waals surface area contributed by atoms with Crippen LogP contribution in [0.4, 0.5) is 0 Å². The number of nitrogens with one attached hydrogen (secondary N) is 1. The number of esters is 1. The molecule has 0 radical (unpaired) electrons. The van der Waals surface area contributed by atoms with E-state index in [1.165, 1.54) is 0 Å². The van der Waals surface area contributed by atoms with Gasteiger partial charge >= 0.3 is 11.9 Å². The monoisotopic (exact) mass is 294 g/mol. The van der Waals surface area contributed by atoms with Crippen molar-refractivity contribution in [1.82, 2.24) is 5.32 Å². The van der Waals surface area contributed by atoms with E-state index in [4.69, 9.17) is 15.6 Å². The highest BCUT2D eigenvalue weighted by molar-refractivity contribution is 5.82. The minimum absolute atomic E-state index is 0.0329. The SMILES string of the molecule is N[C@@H](CCC(=O)NCC(=O)O)C(=O)OCc1ccccc1. The van der Waals surface area contributed by atoms with Crippen LogP contribution >= 0.6 is 0 Å². The van der Waals surface area contributed by atoms with Gasteiger partial charge in [-0.2, -0.15) is 0 Å². The van der Waals surface area contributed by atoms with Crippen molar-refractivity contribution in [3.63, 3.8) is 0 Å². The number of carbonyl (C=O) groups excluding carboxylic acids is 2. The van der Waals surface area contributed by atoms with Gasteiger partial charge in [0.1, 0.15) is 19.2 Å². The number of hydrogen-bond acceptors (Lipinski definition) is 5. The van der Waals surface area contributed by atoms with Gasteiger partial charge in [0.2, 0.25) is 5.91 Å². The summed E-state index contributed by atoms with van der Waals surface area (Å²) in [7, 11) is 0. The summed E-state index contributed by atoms with van der Waals surface area (Å²) in [6.45, 7) is -0.328. The quantitative estimate of drug-likeness (QED) is 0.582. The number of carbonyl (C=O) groups is 3. The smallest absolute Gasteiger partial charge is 0.323 e. The summed E-state index contributed by atoms with van der Waals surface area (Å²) in [6, 6.07) is 8.23. The van der Waals surface area contributed by atoms with E-state index in [9.17, 15) is 14.4 Å². The molecule has 4 N–H and O–H groups in total. The van der Waals surface area contributed by atoms with Crippen molar-refractivity contribution in [3.8, 4) is 0 Å². The minimum Gasteiger partial charge on any atom is -0.480 e. The van der Waals surface area contributed by atoms with Crippen LogP contribution in [0.2, 0.25) is 0 Å². The summed E-state index contributed by atoms with van der Waals surface area (Å²) < 4.78 is 5.03. The van der Waals surface area contributed by atoms with E-state index >= 15 is 0 Å². The second kappa shape index (κ2) is 8.70. The summed E-state index contributed by atoms with van der Waals surface area (Å²) in [6.07, 6.45) is 0.0635. The second-order valence-corrected chi connectivity index (χ2v) is 4.41. The molecule has 0 aliphatic rings. The first-order valence-corrected chi connectivity index (χ1v) is 6.43. The highest BCUT2D eigenvalue weighted by Crippen LogP contribution is 2.03. The second-order valence-electron chi connectivity index (χ2n) is 4.41. The Hall–Kier alpha value is -2.41. The molecule has 1 atom stereocenters. The van der Waals surface area contributed by atoms with Crippen molar-refractivity contribution in [2.45, 2.75) is 25.5 Å². The first-order valence-electron chi connectivity index (χ1n) is 6.43. The van der Waals surface area contributed by atoms with Crippen LogP contribution in [-0.4, -0.2) is 35.5 Å². The van der Waals surface area contributed by atoms with Crippen molar-refractivity contribution < 1.29 is 24.2 Å². The molecule has 0 saturated carbocycles. The van der Waals surface area contributed by atoms with E-state index in [1.54, 1.807) is 0 Å². The Morgan fingerprint density at radius 1 is 1.24 bits per heavy atom. The van der Waals surface area contributed by atoms with Gasteiger partial charge in [0.25, 0.3) is 0 Å². The number of aliphatic carboxylic acids is 1. The van der Waals surface area contributed by atoms with Gasteiger partial charge in [0, 0.05) is 6.42 Å². The number of hydrogen-bond donors (Lipinski definition) is 3. The van der Waals surface area contributed by atoms with Crippen LogP contribution in [0.3, 0.4) is 0 Å². The molecule has 21 heavy (non-hydrogen) atoms. The van der Waals surface area contributed by atoms with Gasteiger partial charge in [-0.05, 0) is 12.0 Å². The van der Waals surface area contributed by atoms with E-state index in [0.717, 1.165) is 5.56 Å². The third-order valence-electron chi connectivity index (χ3n) is 2.65. The first-order chi connectivity index (χ1) is 9.99. The maximum Gasteiger partial charge on any atom is 0.323 e.